The number of hydrogen-bond donors (Lipinski definition) is 0. The number of amidine groups is 1. The number of halogens is 3. The first-order valence-corrected chi connectivity index (χ1v) is 5.49. The van der Waals surface area contributed by atoms with Crippen molar-refractivity contribution < 1.29 is 17.9 Å². The van der Waals surface area contributed by atoms with E-state index in [9.17, 15) is 13.2 Å². The average Bonchev–Trinajstić information content (AvgIpc) is 2.86. The SMILES string of the molecule is FC(F)(F)CN(C1=NCCO1)c1cccs1. The molecule has 16 heavy (non-hydrogen) atoms. The Hall–Kier alpha value is -1.24. The van der Waals surface area contributed by atoms with Gasteiger partial charge in [0.1, 0.15) is 13.2 Å². The summed E-state index contributed by atoms with van der Waals surface area (Å²) in [7, 11) is 0. The molecule has 1 aromatic heterocycles. The molecule has 0 aromatic carbocycles. The van der Waals surface area contributed by atoms with E-state index in [0.717, 1.165) is 4.90 Å². The number of anilines is 1. The number of hydrogen-bond acceptors (Lipinski definition) is 4. The second kappa shape index (κ2) is 4.32. The Balaban J connectivity index is 2.20. The fourth-order valence-electron chi connectivity index (χ4n) is 1.33. The molecule has 0 aliphatic carbocycles. The molecule has 1 aliphatic rings. The van der Waals surface area contributed by atoms with Crippen LogP contribution in [0.5, 0.6) is 0 Å². The van der Waals surface area contributed by atoms with Crippen molar-refractivity contribution >= 4 is 22.4 Å². The van der Waals surface area contributed by atoms with E-state index in [0.29, 0.717) is 18.2 Å². The molecule has 0 bridgehead atoms. The van der Waals surface area contributed by atoms with Gasteiger partial charge in [0.15, 0.2) is 0 Å². The zero-order chi connectivity index (χ0) is 11.6. The van der Waals surface area contributed by atoms with Crippen LogP contribution in [0.2, 0.25) is 0 Å². The van der Waals surface area contributed by atoms with Gasteiger partial charge in [0.2, 0.25) is 0 Å². The van der Waals surface area contributed by atoms with Gasteiger partial charge in [-0.05, 0) is 17.5 Å². The molecule has 2 rings (SSSR count). The van der Waals surface area contributed by atoms with Gasteiger partial charge >= 0.3 is 6.18 Å². The van der Waals surface area contributed by atoms with Crippen molar-refractivity contribution in [3.05, 3.63) is 17.5 Å². The van der Waals surface area contributed by atoms with Crippen molar-refractivity contribution in [2.24, 2.45) is 4.99 Å². The van der Waals surface area contributed by atoms with Gasteiger partial charge in [-0.1, -0.05) is 0 Å². The molecule has 88 valence electrons. The monoisotopic (exact) mass is 250 g/mol. The standard InChI is InChI=1S/C9H9F3N2OS/c10-9(11,12)6-14(7-2-1-5-16-7)8-13-3-4-15-8/h1-2,5H,3-4,6H2. The van der Waals surface area contributed by atoms with Crippen LogP contribution >= 0.6 is 11.3 Å². The summed E-state index contributed by atoms with van der Waals surface area (Å²) in [6, 6.07) is 3.36. The second-order valence-corrected chi connectivity index (χ2v) is 4.09. The quantitative estimate of drug-likeness (QED) is 0.805. The first kappa shape index (κ1) is 11.3. The maximum Gasteiger partial charge on any atom is 0.406 e. The Kier molecular flexibility index (Phi) is 3.04. The summed E-state index contributed by atoms with van der Waals surface area (Å²) in [6.07, 6.45) is -4.28. The lowest BCUT2D eigenvalue weighted by molar-refractivity contribution is -0.118. The number of ether oxygens (including phenoxy) is 1. The summed E-state index contributed by atoms with van der Waals surface area (Å²) in [5.74, 6) is 0. The Morgan fingerprint density at radius 2 is 2.31 bits per heavy atom. The van der Waals surface area contributed by atoms with Gasteiger partial charge in [0, 0.05) is 0 Å². The Morgan fingerprint density at radius 3 is 2.81 bits per heavy atom. The van der Waals surface area contributed by atoms with Gasteiger partial charge in [-0.25, -0.2) is 4.99 Å². The highest BCUT2D eigenvalue weighted by Crippen LogP contribution is 2.27. The van der Waals surface area contributed by atoms with Gasteiger partial charge in [-0.15, -0.1) is 11.3 Å². The minimum atomic E-state index is -4.28. The zero-order valence-electron chi connectivity index (χ0n) is 8.20. The van der Waals surface area contributed by atoms with Gasteiger partial charge in [-0.2, -0.15) is 13.2 Å². The van der Waals surface area contributed by atoms with E-state index < -0.39 is 12.7 Å². The Bertz CT molecular complexity index is 375. The van der Waals surface area contributed by atoms with Crippen LogP contribution in [0.15, 0.2) is 22.5 Å². The number of aliphatic imine (C=N–C) groups is 1. The minimum absolute atomic E-state index is 0.0553. The molecule has 1 aliphatic heterocycles. The van der Waals surface area contributed by atoms with Crippen LogP contribution in [0.1, 0.15) is 0 Å². The Labute approximate surface area is 94.2 Å². The van der Waals surface area contributed by atoms with E-state index in [1.54, 1.807) is 17.5 Å². The molecule has 0 saturated carbocycles. The smallest absolute Gasteiger partial charge is 0.406 e. The van der Waals surface area contributed by atoms with E-state index >= 15 is 0 Å². The Morgan fingerprint density at radius 1 is 1.50 bits per heavy atom. The lowest BCUT2D eigenvalue weighted by atomic mass is 10.5. The lowest BCUT2D eigenvalue weighted by Crippen LogP contribution is -2.38. The average molecular weight is 250 g/mol. The van der Waals surface area contributed by atoms with Crippen molar-refractivity contribution in [2.45, 2.75) is 6.18 Å². The molecule has 0 amide bonds. The van der Waals surface area contributed by atoms with E-state index in [4.69, 9.17) is 4.74 Å². The molecule has 0 radical (unpaired) electrons. The summed E-state index contributed by atoms with van der Waals surface area (Å²) in [4.78, 5) is 4.96. The normalized spacial score (nSPS) is 15.8. The number of rotatable bonds is 2. The van der Waals surface area contributed by atoms with Crippen molar-refractivity contribution in [2.75, 3.05) is 24.6 Å². The van der Waals surface area contributed by atoms with E-state index in [-0.39, 0.29) is 6.02 Å². The number of alkyl halides is 3. The number of nitrogens with zero attached hydrogens (tertiary/aromatic N) is 2. The van der Waals surface area contributed by atoms with E-state index in [1.165, 1.54) is 11.3 Å². The van der Waals surface area contributed by atoms with E-state index in [2.05, 4.69) is 4.99 Å². The molecule has 0 spiro atoms. The topological polar surface area (TPSA) is 24.8 Å². The summed E-state index contributed by atoms with van der Waals surface area (Å²) in [6.45, 7) is -0.323. The maximum atomic E-state index is 12.4. The van der Waals surface area contributed by atoms with Crippen LogP contribution < -0.4 is 4.90 Å². The zero-order valence-corrected chi connectivity index (χ0v) is 9.01. The molecule has 1 aromatic rings. The molecular weight excluding hydrogens is 241 g/mol. The first-order chi connectivity index (χ1) is 7.56. The fourth-order valence-corrected chi connectivity index (χ4v) is 2.05. The largest absolute Gasteiger partial charge is 0.463 e. The van der Waals surface area contributed by atoms with Gasteiger partial charge < -0.3 is 4.74 Å². The molecule has 0 unspecified atom stereocenters. The maximum absolute atomic E-state index is 12.4. The summed E-state index contributed by atoms with van der Waals surface area (Å²) < 4.78 is 42.3. The highest BCUT2D eigenvalue weighted by molar-refractivity contribution is 7.14. The fraction of sp³-hybridized carbons (Fsp3) is 0.444. The first-order valence-electron chi connectivity index (χ1n) is 4.61. The summed E-state index contributed by atoms with van der Waals surface area (Å²) in [5.41, 5.74) is 0. The van der Waals surface area contributed by atoms with E-state index in [1.807, 2.05) is 0 Å². The lowest BCUT2D eigenvalue weighted by Gasteiger charge is -2.22. The molecule has 0 fully saturated rings. The molecule has 0 saturated heterocycles. The highest BCUT2D eigenvalue weighted by atomic mass is 32.1. The van der Waals surface area contributed by atoms with Crippen LogP contribution in [0.25, 0.3) is 0 Å². The highest BCUT2D eigenvalue weighted by Gasteiger charge is 2.34. The predicted octanol–water partition coefficient (Wildman–Crippen LogP) is 2.50. The van der Waals surface area contributed by atoms with Crippen molar-refractivity contribution in [1.82, 2.24) is 0 Å². The molecule has 7 heteroatoms. The minimum Gasteiger partial charge on any atom is -0.463 e. The van der Waals surface area contributed by atoms with Crippen molar-refractivity contribution in [3.63, 3.8) is 0 Å². The molecule has 0 atom stereocenters. The van der Waals surface area contributed by atoms with Gasteiger partial charge in [-0.3, -0.25) is 4.90 Å². The van der Waals surface area contributed by atoms with Crippen LogP contribution in [0.3, 0.4) is 0 Å². The second-order valence-electron chi connectivity index (χ2n) is 3.17. The summed E-state index contributed by atoms with van der Waals surface area (Å²) >= 11 is 1.22. The third-order valence-corrected chi connectivity index (χ3v) is 2.80. The van der Waals surface area contributed by atoms with Crippen LogP contribution in [0, 0.1) is 0 Å². The molecule has 2 heterocycles. The molecule has 0 N–H and O–H groups in total. The van der Waals surface area contributed by atoms with Crippen LogP contribution in [0.4, 0.5) is 18.2 Å². The van der Waals surface area contributed by atoms with Gasteiger partial charge in [0.25, 0.3) is 6.02 Å². The summed E-state index contributed by atoms with van der Waals surface area (Å²) in [5, 5.41) is 2.20. The van der Waals surface area contributed by atoms with Crippen molar-refractivity contribution in [1.29, 1.82) is 0 Å². The third-order valence-electron chi connectivity index (χ3n) is 1.91. The number of thiophene rings is 1. The molecular formula is C9H9F3N2OS. The molecule has 3 nitrogen and oxygen atoms in total. The van der Waals surface area contributed by atoms with Crippen LogP contribution in [-0.4, -0.2) is 31.9 Å². The van der Waals surface area contributed by atoms with Gasteiger partial charge in [0.05, 0.1) is 11.5 Å². The third kappa shape index (κ3) is 2.66. The van der Waals surface area contributed by atoms with Crippen molar-refractivity contribution in [3.8, 4) is 0 Å². The van der Waals surface area contributed by atoms with Crippen LogP contribution in [-0.2, 0) is 4.74 Å². The predicted molar refractivity (Wildman–Crippen MR) is 56.0 cm³/mol.